The van der Waals surface area contributed by atoms with E-state index in [1.54, 1.807) is 0 Å². The molecule has 0 aliphatic carbocycles. The van der Waals surface area contributed by atoms with Crippen LogP contribution in [0, 0.1) is 3.57 Å². The van der Waals surface area contributed by atoms with Crippen molar-refractivity contribution in [1.82, 2.24) is 0 Å². The predicted molar refractivity (Wildman–Crippen MR) is 60.9 cm³/mol. The van der Waals surface area contributed by atoms with Crippen molar-refractivity contribution in [2.75, 3.05) is 6.26 Å². The topological polar surface area (TPSA) is 0 Å². The number of hydrogen-bond acceptors (Lipinski definition) is 1. The molecular weight excluding hydrogens is 381 g/mol. The first kappa shape index (κ1) is 14.9. The van der Waals surface area contributed by atoms with Gasteiger partial charge >= 0.3 is 12.4 Å². The van der Waals surface area contributed by atoms with Crippen LogP contribution in [0.25, 0.3) is 0 Å². The molecule has 0 bridgehead atoms. The van der Waals surface area contributed by atoms with Gasteiger partial charge in [0.1, 0.15) is 0 Å². The zero-order valence-corrected chi connectivity index (χ0v) is 11.2. The lowest BCUT2D eigenvalue weighted by Gasteiger charge is -2.15. The highest BCUT2D eigenvalue weighted by Gasteiger charge is 2.38. The second kappa shape index (κ2) is 4.87. The van der Waals surface area contributed by atoms with Gasteiger partial charge < -0.3 is 0 Å². The third-order valence-electron chi connectivity index (χ3n) is 1.89. The summed E-state index contributed by atoms with van der Waals surface area (Å²) in [6, 6.07) is 0.864. The molecule has 0 saturated heterocycles. The molecule has 8 heteroatoms. The fourth-order valence-electron chi connectivity index (χ4n) is 1.12. The van der Waals surface area contributed by atoms with Crippen LogP contribution in [0.15, 0.2) is 17.0 Å². The van der Waals surface area contributed by atoms with Crippen LogP contribution in [0.2, 0.25) is 0 Å². The van der Waals surface area contributed by atoms with E-state index < -0.39 is 23.5 Å². The first-order valence-corrected chi connectivity index (χ1v) is 6.39. The molecule has 0 heterocycles. The summed E-state index contributed by atoms with van der Waals surface area (Å²) in [5.41, 5.74) is -2.54. The van der Waals surface area contributed by atoms with E-state index in [9.17, 15) is 26.3 Å². The normalized spacial score (nSPS) is 12.9. The van der Waals surface area contributed by atoms with Crippen LogP contribution < -0.4 is 0 Å². The Labute approximate surface area is 111 Å². The minimum atomic E-state index is -4.79. The molecule has 1 aromatic carbocycles. The van der Waals surface area contributed by atoms with Gasteiger partial charge in [-0.05, 0) is 41.0 Å². The number of halogens is 7. The third-order valence-corrected chi connectivity index (χ3v) is 4.18. The lowest BCUT2D eigenvalue weighted by Crippen LogP contribution is -2.13. The first-order chi connectivity index (χ1) is 7.57. The summed E-state index contributed by atoms with van der Waals surface area (Å²) in [7, 11) is 0. The second-order valence-corrected chi connectivity index (χ2v) is 4.96. The lowest BCUT2D eigenvalue weighted by atomic mass is 10.1. The van der Waals surface area contributed by atoms with Crippen LogP contribution in [-0.2, 0) is 12.4 Å². The summed E-state index contributed by atoms with van der Waals surface area (Å²) in [6.07, 6.45) is -8.14. The molecule has 0 radical (unpaired) electrons. The van der Waals surface area contributed by atoms with E-state index in [0.29, 0.717) is 0 Å². The molecule has 0 N–H and O–H groups in total. The molecule has 17 heavy (non-hydrogen) atoms. The van der Waals surface area contributed by atoms with Crippen molar-refractivity contribution in [1.29, 1.82) is 0 Å². The molecule has 1 aromatic rings. The van der Waals surface area contributed by atoms with Gasteiger partial charge in [0.25, 0.3) is 0 Å². The summed E-state index contributed by atoms with van der Waals surface area (Å²) in [5.74, 6) is 0. The van der Waals surface area contributed by atoms with Gasteiger partial charge in [0.2, 0.25) is 0 Å². The Kier molecular flexibility index (Phi) is 4.28. The molecule has 0 aromatic heterocycles. The Balaban J connectivity index is 3.50. The van der Waals surface area contributed by atoms with Gasteiger partial charge in [0, 0.05) is 8.47 Å². The maximum Gasteiger partial charge on any atom is 0.417 e. The fraction of sp³-hybridized carbons (Fsp3) is 0.333. The zero-order valence-electron chi connectivity index (χ0n) is 8.21. The first-order valence-electron chi connectivity index (χ1n) is 4.09. The molecule has 0 saturated carbocycles. The summed E-state index contributed by atoms with van der Waals surface area (Å²) in [4.78, 5) is -0.0345. The summed E-state index contributed by atoms with van der Waals surface area (Å²) >= 11 is 2.25. The van der Waals surface area contributed by atoms with Gasteiger partial charge in [0.15, 0.2) is 0 Å². The smallest absolute Gasteiger partial charge is 0.166 e. The average molecular weight is 386 g/mol. The van der Waals surface area contributed by atoms with E-state index in [1.807, 2.05) is 0 Å². The molecule has 0 atom stereocenters. The van der Waals surface area contributed by atoms with Crippen molar-refractivity contribution in [2.45, 2.75) is 17.2 Å². The largest absolute Gasteiger partial charge is 0.417 e. The van der Waals surface area contributed by atoms with Crippen LogP contribution in [0.5, 0.6) is 0 Å². The standard InChI is InChI=1S/C9H5F6IS/c1-17-6-3-4(8(10,11)12)2-5(7(6)16)9(13,14)15/h2-3H,1H3. The number of thioether (sulfide) groups is 1. The van der Waals surface area contributed by atoms with E-state index in [-0.39, 0.29) is 14.5 Å². The SMILES string of the molecule is CSc1cc(C(F)(F)F)cc(C(F)(F)F)c1I. The monoisotopic (exact) mass is 386 g/mol. The Morgan fingerprint density at radius 2 is 1.53 bits per heavy atom. The van der Waals surface area contributed by atoms with Crippen molar-refractivity contribution in [3.63, 3.8) is 0 Å². The van der Waals surface area contributed by atoms with Gasteiger partial charge in [-0.15, -0.1) is 11.8 Å². The van der Waals surface area contributed by atoms with E-state index in [0.717, 1.165) is 17.8 Å². The maximum atomic E-state index is 12.6. The van der Waals surface area contributed by atoms with Crippen molar-refractivity contribution in [3.8, 4) is 0 Å². The molecule has 1 rings (SSSR count). The molecule has 0 unspecified atom stereocenters. The Morgan fingerprint density at radius 3 is 1.88 bits per heavy atom. The highest BCUT2D eigenvalue weighted by Crippen LogP contribution is 2.41. The van der Waals surface area contributed by atoms with Crippen molar-refractivity contribution in [3.05, 3.63) is 26.8 Å². The lowest BCUT2D eigenvalue weighted by molar-refractivity contribution is -0.143. The maximum absolute atomic E-state index is 12.6. The number of rotatable bonds is 1. The van der Waals surface area contributed by atoms with Crippen molar-refractivity contribution in [2.24, 2.45) is 0 Å². The van der Waals surface area contributed by atoms with E-state index in [1.165, 1.54) is 28.8 Å². The Morgan fingerprint density at radius 1 is 1.00 bits per heavy atom. The van der Waals surface area contributed by atoms with Crippen LogP contribution in [0.3, 0.4) is 0 Å². The van der Waals surface area contributed by atoms with E-state index in [4.69, 9.17) is 0 Å². The van der Waals surface area contributed by atoms with E-state index >= 15 is 0 Å². The van der Waals surface area contributed by atoms with Gasteiger partial charge in [-0.1, -0.05) is 0 Å². The van der Waals surface area contributed by atoms with Gasteiger partial charge in [0.05, 0.1) is 11.1 Å². The van der Waals surface area contributed by atoms with Crippen LogP contribution in [0.4, 0.5) is 26.3 Å². The molecular formula is C9H5F6IS. The number of alkyl halides is 6. The van der Waals surface area contributed by atoms with Crippen molar-refractivity contribution >= 4 is 34.4 Å². The molecule has 0 amide bonds. The number of hydrogen-bond donors (Lipinski definition) is 0. The minimum absolute atomic E-state index is 0.0345. The number of benzene rings is 1. The van der Waals surface area contributed by atoms with Crippen LogP contribution >= 0.6 is 34.4 Å². The van der Waals surface area contributed by atoms with Gasteiger partial charge in [-0.3, -0.25) is 0 Å². The quantitative estimate of drug-likeness (QED) is 0.370. The highest BCUT2D eigenvalue weighted by molar-refractivity contribution is 14.1. The zero-order chi connectivity index (χ0) is 13.4. The third kappa shape index (κ3) is 3.43. The molecule has 0 aliphatic heterocycles. The van der Waals surface area contributed by atoms with Crippen LogP contribution in [-0.4, -0.2) is 6.26 Å². The molecule has 0 aliphatic rings. The van der Waals surface area contributed by atoms with Gasteiger partial charge in [-0.25, -0.2) is 0 Å². The average Bonchev–Trinajstić information content (AvgIpc) is 2.14. The highest BCUT2D eigenvalue weighted by atomic mass is 127. The summed E-state index contributed by atoms with van der Waals surface area (Å²) < 4.78 is 74.7. The minimum Gasteiger partial charge on any atom is -0.166 e. The van der Waals surface area contributed by atoms with Crippen LogP contribution in [0.1, 0.15) is 11.1 Å². The molecule has 0 spiro atoms. The second-order valence-electron chi connectivity index (χ2n) is 3.04. The van der Waals surface area contributed by atoms with E-state index in [2.05, 4.69) is 0 Å². The Hall–Kier alpha value is -0.120. The molecule has 96 valence electrons. The summed E-state index contributed by atoms with van der Waals surface area (Å²) in [5, 5.41) is 0. The van der Waals surface area contributed by atoms with Gasteiger partial charge in [-0.2, -0.15) is 26.3 Å². The molecule has 0 fully saturated rings. The Bertz CT molecular complexity index is 423. The fourth-order valence-corrected chi connectivity index (χ4v) is 2.93. The predicted octanol–water partition coefficient (Wildman–Crippen LogP) is 5.05. The molecule has 0 nitrogen and oxygen atoms in total. The summed E-state index contributed by atoms with van der Waals surface area (Å²) in [6.45, 7) is 0. The van der Waals surface area contributed by atoms with Crippen molar-refractivity contribution < 1.29 is 26.3 Å².